The third-order valence-electron chi connectivity index (χ3n) is 6.90. The van der Waals surface area contributed by atoms with E-state index in [1.807, 2.05) is 28.9 Å². The molecule has 2 aromatic heterocycles. The van der Waals surface area contributed by atoms with E-state index in [0.717, 1.165) is 17.1 Å². The summed E-state index contributed by atoms with van der Waals surface area (Å²) in [6.45, 7) is 4.46. The lowest BCUT2D eigenvalue weighted by molar-refractivity contribution is 0.0702. The summed E-state index contributed by atoms with van der Waals surface area (Å²) in [6.07, 6.45) is 3.21. The zero-order valence-electron chi connectivity index (χ0n) is 19.8. The molecule has 182 valence electrons. The van der Waals surface area contributed by atoms with Gasteiger partial charge in [0.2, 0.25) is 0 Å². The molecule has 2 aromatic carbocycles. The summed E-state index contributed by atoms with van der Waals surface area (Å²) in [5.41, 5.74) is 4.11. The van der Waals surface area contributed by atoms with Crippen LogP contribution in [0.2, 0.25) is 0 Å². The van der Waals surface area contributed by atoms with Crippen LogP contribution in [0.15, 0.2) is 65.8 Å². The van der Waals surface area contributed by atoms with Gasteiger partial charge in [-0.25, -0.2) is 14.8 Å². The first-order valence-electron chi connectivity index (χ1n) is 11.9. The van der Waals surface area contributed by atoms with Gasteiger partial charge < -0.3 is 14.5 Å². The van der Waals surface area contributed by atoms with E-state index in [-0.39, 0.29) is 17.5 Å². The highest BCUT2D eigenvalue weighted by atomic mass is 16.5. The van der Waals surface area contributed by atoms with Gasteiger partial charge in [0.25, 0.3) is 11.5 Å². The van der Waals surface area contributed by atoms with E-state index in [1.54, 1.807) is 30.2 Å². The first kappa shape index (κ1) is 22.0. The van der Waals surface area contributed by atoms with Crippen LogP contribution in [0.1, 0.15) is 38.9 Å². The normalized spacial score (nSPS) is 16.5. The number of hydrogen-bond donors (Lipinski definition) is 1. The van der Waals surface area contributed by atoms with Crippen LogP contribution in [-0.2, 0) is 19.6 Å². The largest absolute Gasteiger partial charge is 0.491 e. The Hall–Kier alpha value is -4.47. The molecule has 1 amide bonds. The van der Waals surface area contributed by atoms with Crippen molar-refractivity contribution in [3.05, 3.63) is 99.5 Å². The minimum atomic E-state index is -0.203. The smallest absolute Gasteiger partial charge is 0.269 e. The average molecular weight is 484 g/mol. The first-order valence-corrected chi connectivity index (χ1v) is 11.9. The Morgan fingerprint density at radius 2 is 2.03 bits per heavy atom. The second kappa shape index (κ2) is 8.95. The SMILES string of the molecule is Cc1c(N2Cc3ccccc3C2COc2cccc(C(=O)N3CCn4ncnc4C3)c2)cn[nH]c1=O. The molecule has 4 heterocycles. The Balaban J connectivity index is 1.22. The van der Waals surface area contributed by atoms with Gasteiger partial charge in [0.15, 0.2) is 0 Å². The number of ether oxygens (including phenoxy) is 1. The van der Waals surface area contributed by atoms with Crippen molar-refractivity contribution in [2.45, 2.75) is 32.6 Å². The van der Waals surface area contributed by atoms with Crippen LogP contribution in [0.4, 0.5) is 5.69 Å². The Kier molecular flexibility index (Phi) is 5.48. The van der Waals surface area contributed by atoms with E-state index in [9.17, 15) is 9.59 Å². The summed E-state index contributed by atoms with van der Waals surface area (Å²) in [6, 6.07) is 15.4. The highest BCUT2D eigenvalue weighted by Crippen LogP contribution is 2.38. The van der Waals surface area contributed by atoms with Gasteiger partial charge in [-0.05, 0) is 36.2 Å². The predicted octanol–water partition coefficient (Wildman–Crippen LogP) is 2.47. The summed E-state index contributed by atoms with van der Waals surface area (Å²) in [7, 11) is 0. The number of aromatic nitrogens is 5. The second-order valence-corrected chi connectivity index (χ2v) is 9.02. The van der Waals surface area contributed by atoms with Gasteiger partial charge in [-0.3, -0.25) is 9.59 Å². The number of benzene rings is 2. The summed E-state index contributed by atoms with van der Waals surface area (Å²) in [5, 5.41) is 10.7. The van der Waals surface area contributed by atoms with Crippen LogP contribution in [0.3, 0.4) is 0 Å². The number of nitrogens with zero attached hydrogens (tertiary/aromatic N) is 6. The Bertz CT molecular complexity index is 1490. The van der Waals surface area contributed by atoms with E-state index in [2.05, 4.69) is 37.3 Å². The molecule has 10 nitrogen and oxygen atoms in total. The maximum absolute atomic E-state index is 13.2. The van der Waals surface area contributed by atoms with E-state index < -0.39 is 0 Å². The number of aromatic amines is 1. The fraction of sp³-hybridized carbons (Fsp3) is 0.269. The van der Waals surface area contributed by atoms with Crippen LogP contribution in [-0.4, -0.2) is 48.9 Å². The van der Waals surface area contributed by atoms with Gasteiger partial charge in [0, 0.05) is 24.2 Å². The molecule has 10 heteroatoms. The zero-order chi connectivity index (χ0) is 24.6. The molecule has 1 atom stereocenters. The lowest BCUT2D eigenvalue weighted by atomic mass is 10.1. The van der Waals surface area contributed by atoms with Gasteiger partial charge in [0.05, 0.1) is 31.0 Å². The average Bonchev–Trinajstić information content (AvgIpc) is 3.53. The van der Waals surface area contributed by atoms with Gasteiger partial charge in [0.1, 0.15) is 24.5 Å². The quantitative estimate of drug-likeness (QED) is 0.464. The molecule has 0 aliphatic carbocycles. The number of H-pyrrole nitrogens is 1. The van der Waals surface area contributed by atoms with Crippen LogP contribution in [0.25, 0.3) is 0 Å². The maximum atomic E-state index is 13.2. The molecular weight excluding hydrogens is 458 g/mol. The van der Waals surface area contributed by atoms with Crippen molar-refractivity contribution in [2.75, 3.05) is 18.1 Å². The van der Waals surface area contributed by atoms with Crippen LogP contribution in [0.5, 0.6) is 5.75 Å². The molecule has 0 saturated carbocycles. The molecule has 2 aliphatic rings. The lowest BCUT2D eigenvalue weighted by Crippen LogP contribution is -2.38. The number of carbonyl (C=O) groups excluding carboxylic acids is 1. The lowest BCUT2D eigenvalue weighted by Gasteiger charge is -2.28. The number of anilines is 1. The van der Waals surface area contributed by atoms with Crippen molar-refractivity contribution in [1.82, 2.24) is 29.9 Å². The fourth-order valence-corrected chi connectivity index (χ4v) is 4.95. The Morgan fingerprint density at radius 3 is 2.94 bits per heavy atom. The summed E-state index contributed by atoms with van der Waals surface area (Å²) < 4.78 is 8.07. The molecule has 4 aromatic rings. The van der Waals surface area contributed by atoms with Crippen molar-refractivity contribution < 1.29 is 9.53 Å². The maximum Gasteiger partial charge on any atom is 0.269 e. The fourth-order valence-electron chi connectivity index (χ4n) is 4.95. The van der Waals surface area contributed by atoms with Gasteiger partial charge in [-0.1, -0.05) is 30.3 Å². The molecule has 0 saturated heterocycles. The monoisotopic (exact) mass is 483 g/mol. The van der Waals surface area contributed by atoms with E-state index >= 15 is 0 Å². The molecule has 2 aliphatic heterocycles. The number of rotatable bonds is 5. The van der Waals surface area contributed by atoms with Crippen molar-refractivity contribution in [3.8, 4) is 5.75 Å². The molecule has 6 rings (SSSR count). The van der Waals surface area contributed by atoms with E-state index in [0.29, 0.717) is 49.7 Å². The number of carbonyl (C=O) groups is 1. The first-order chi connectivity index (χ1) is 17.6. The third kappa shape index (κ3) is 3.90. The molecule has 0 radical (unpaired) electrons. The number of amides is 1. The Labute approximate surface area is 207 Å². The van der Waals surface area contributed by atoms with E-state index in [4.69, 9.17) is 4.74 Å². The van der Waals surface area contributed by atoms with Crippen molar-refractivity contribution >= 4 is 11.6 Å². The van der Waals surface area contributed by atoms with Gasteiger partial charge >= 0.3 is 0 Å². The number of hydrogen-bond acceptors (Lipinski definition) is 7. The Morgan fingerprint density at radius 1 is 1.14 bits per heavy atom. The minimum Gasteiger partial charge on any atom is -0.491 e. The standard InChI is InChI=1S/C26H25N7O3/c1-17-22(12-28-30-25(17)34)32-13-19-5-2-3-8-21(19)23(32)15-36-20-7-4-6-18(11-20)26(35)31-9-10-33-24(14-31)27-16-29-33/h2-8,11-12,16,23H,9-10,13-15H2,1H3,(H,30,34). The topological polar surface area (TPSA) is 109 Å². The highest BCUT2D eigenvalue weighted by molar-refractivity contribution is 5.94. The molecule has 0 bridgehead atoms. The van der Waals surface area contributed by atoms with Crippen molar-refractivity contribution in [2.24, 2.45) is 0 Å². The third-order valence-corrected chi connectivity index (χ3v) is 6.90. The summed E-state index contributed by atoms with van der Waals surface area (Å²) in [4.78, 5) is 33.6. The van der Waals surface area contributed by atoms with Crippen molar-refractivity contribution in [1.29, 1.82) is 0 Å². The minimum absolute atomic E-state index is 0.0623. The van der Waals surface area contributed by atoms with Crippen LogP contribution in [0, 0.1) is 6.92 Å². The molecule has 36 heavy (non-hydrogen) atoms. The molecule has 1 N–H and O–H groups in total. The number of fused-ring (bicyclic) bond motifs is 2. The highest BCUT2D eigenvalue weighted by Gasteiger charge is 2.32. The zero-order valence-corrected chi connectivity index (χ0v) is 19.8. The molecule has 0 fully saturated rings. The molecule has 0 spiro atoms. The van der Waals surface area contributed by atoms with Crippen molar-refractivity contribution in [3.63, 3.8) is 0 Å². The summed E-state index contributed by atoms with van der Waals surface area (Å²) >= 11 is 0. The molecule has 1 unspecified atom stereocenters. The number of nitrogens with one attached hydrogen (secondary N) is 1. The van der Waals surface area contributed by atoms with Crippen LogP contribution >= 0.6 is 0 Å². The second-order valence-electron chi connectivity index (χ2n) is 9.02. The molecular formula is C26H25N7O3. The van der Waals surface area contributed by atoms with E-state index in [1.165, 1.54) is 11.9 Å². The van der Waals surface area contributed by atoms with Gasteiger partial charge in [-0.2, -0.15) is 10.2 Å². The van der Waals surface area contributed by atoms with Gasteiger partial charge in [-0.15, -0.1) is 0 Å². The van der Waals surface area contributed by atoms with Crippen LogP contribution < -0.4 is 15.2 Å². The predicted molar refractivity (Wildman–Crippen MR) is 132 cm³/mol. The summed E-state index contributed by atoms with van der Waals surface area (Å²) in [5.74, 6) is 1.34.